The van der Waals surface area contributed by atoms with E-state index in [4.69, 9.17) is 24.5 Å². The van der Waals surface area contributed by atoms with Gasteiger partial charge in [0, 0.05) is 18.1 Å². The number of hydrogen-bond donors (Lipinski definition) is 1. The molecule has 0 aliphatic rings. The Kier molecular flexibility index (Phi) is 4.64. The second-order valence-corrected chi connectivity index (χ2v) is 4.33. The van der Waals surface area contributed by atoms with E-state index in [0.717, 1.165) is 0 Å². The van der Waals surface area contributed by atoms with E-state index >= 15 is 0 Å². The molecule has 0 bridgehead atoms. The highest BCUT2D eigenvalue weighted by Crippen LogP contribution is 2.38. The van der Waals surface area contributed by atoms with Gasteiger partial charge >= 0.3 is 0 Å². The molecular formula is C14H19N3O4. The molecule has 114 valence electrons. The molecule has 0 fully saturated rings. The molecule has 7 heteroatoms. The van der Waals surface area contributed by atoms with Crippen LogP contribution in [0.25, 0.3) is 0 Å². The van der Waals surface area contributed by atoms with E-state index in [0.29, 0.717) is 40.9 Å². The summed E-state index contributed by atoms with van der Waals surface area (Å²) >= 11 is 0. The van der Waals surface area contributed by atoms with Crippen LogP contribution in [0.15, 0.2) is 16.7 Å². The summed E-state index contributed by atoms with van der Waals surface area (Å²) in [6.07, 6.45) is 0.656. The van der Waals surface area contributed by atoms with Crippen LogP contribution in [0.3, 0.4) is 0 Å². The van der Waals surface area contributed by atoms with Crippen LogP contribution in [0, 0.1) is 0 Å². The van der Waals surface area contributed by atoms with Gasteiger partial charge in [-0.2, -0.15) is 4.98 Å². The van der Waals surface area contributed by atoms with Gasteiger partial charge in [0.05, 0.1) is 27.4 Å². The van der Waals surface area contributed by atoms with Crippen molar-refractivity contribution >= 4 is 0 Å². The second-order valence-electron chi connectivity index (χ2n) is 4.33. The third-order valence-electron chi connectivity index (χ3n) is 3.14. The Bertz CT molecular complexity index is 612. The molecule has 2 N–H and O–H groups in total. The molecule has 0 saturated carbocycles. The van der Waals surface area contributed by atoms with Gasteiger partial charge in [0.15, 0.2) is 17.3 Å². The first-order valence-electron chi connectivity index (χ1n) is 6.52. The molecule has 2 aromatic rings. The van der Waals surface area contributed by atoms with Gasteiger partial charge in [-0.1, -0.05) is 12.1 Å². The number of nitrogens with zero attached hydrogens (tertiary/aromatic N) is 2. The highest BCUT2D eigenvalue weighted by molar-refractivity contribution is 5.52. The minimum atomic E-state index is -0.580. The van der Waals surface area contributed by atoms with Gasteiger partial charge in [-0.25, -0.2) is 0 Å². The van der Waals surface area contributed by atoms with Crippen LogP contribution in [0.5, 0.6) is 17.2 Å². The van der Waals surface area contributed by atoms with Gasteiger partial charge in [-0.05, 0) is 6.07 Å². The maximum atomic E-state index is 6.21. The zero-order valence-corrected chi connectivity index (χ0v) is 12.5. The van der Waals surface area contributed by atoms with E-state index in [1.807, 2.05) is 6.92 Å². The number of benzene rings is 1. The Morgan fingerprint density at radius 1 is 1.10 bits per heavy atom. The Balaban J connectivity index is 2.45. The zero-order chi connectivity index (χ0) is 15.4. The van der Waals surface area contributed by atoms with Crippen LogP contribution < -0.4 is 19.9 Å². The van der Waals surface area contributed by atoms with Crippen molar-refractivity contribution < 1.29 is 18.7 Å². The van der Waals surface area contributed by atoms with Gasteiger partial charge in [0.25, 0.3) is 0 Å². The third kappa shape index (κ3) is 2.92. The molecule has 0 spiro atoms. The van der Waals surface area contributed by atoms with E-state index in [1.54, 1.807) is 33.5 Å². The van der Waals surface area contributed by atoms with Crippen LogP contribution in [-0.4, -0.2) is 31.5 Å². The lowest BCUT2D eigenvalue weighted by Crippen LogP contribution is -2.15. The van der Waals surface area contributed by atoms with Crippen LogP contribution in [-0.2, 0) is 6.42 Å². The van der Waals surface area contributed by atoms with Crippen molar-refractivity contribution in [2.75, 3.05) is 21.3 Å². The van der Waals surface area contributed by atoms with Crippen molar-refractivity contribution in [3.05, 3.63) is 29.4 Å². The number of methoxy groups -OCH3 is 3. The van der Waals surface area contributed by atoms with Crippen molar-refractivity contribution in [1.29, 1.82) is 0 Å². The summed E-state index contributed by atoms with van der Waals surface area (Å²) in [6.45, 7) is 1.93. The fourth-order valence-corrected chi connectivity index (χ4v) is 1.97. The predicted molar refractivity (Wildman–Crippen MR) is 75.8 cm³/mol. The molecule has 7 nitrogen and oxygen atoms in total. The van der Waals surface area contributed by atoms with E-state index in [-0.39, 0.29) is 0 Å². The van der Waals surface area contributed by atoms with E-state index in [9.17, 15) is 0 Å². The number of aryl methyl sites for hydroxylation is 1. The normalized spacial score (nSPS) is 12.0. The summed E-state index contributed by atoms with van der Waals surface area (Å²) in [6, 6.07) is 2.89. The molecule has 0 aliphatic heterocycles. The highest BCUT2D eigenvalue weighted by atomic mass is 16.5. The predicted octanol–water partition coefficient (Wildman–Crippen LogP) is 1.71. The SMILES string of the molecule is CCc1nc(C(N)c2cc(OC)c(OC)cc2OC)no1. The fraction of sp³-hybridized carbons (Fsp3) is 0.429. The van der Waals surface area contributed by atoms with Crippen LogP contribution >= 0.6 is 0 Å². The third-order valence-corrected chi connectivity index (χ3v) is 3.14. The number of hydrogen-bond acceptors (Lipinski definition) is 7. The molecule has 1 heterocycles. The molecule has 1 unspecified atom stereocenters. The monoisotopic (exact) mass is 293 g/mol. The molecule has 0 saturated heterocycles. The minimum Gasteiger partial charge on any atom is -0.496 e. The molecule has 21 heavy (non-hydrogen) atoms. The Morgan fingerprint density at radius 3 is 2.24 bits per heavy atom. The van der Waals surface area contributed by atoms with E-state index in [2.05, 4.69) is 10.1 Å². The summed E-state index contributed by atoms with van der Waals surface area (Å²) in [4.78, 5) is 4.25. The Labute approximate surface area is 123 Å². The van der Waals surface area contributed by atoms with Gasteiger partial charge in [0.2, 0.25) is 5.89 Å². The van der Waals surface area contributed by atoms with Gasteiger partial charge in [0.1, 0.15) is 5.75 Å². The lowest BCUT2D eigenvalue weighted by molar-refractivity contribution is 0.346. The van der Waals surface area contributed by atoms with Crippen molar-refractivity contribution in [3.8, 4) is 17.2 Å². The summed E-state index contributed by atoms with van der Waals surface area (Å²) in [5.41, 5.74) is 6.91. The highest BCUT2D eigenvalue weighted by Gasteiger charge is 2.22. The topological polar surface area (TPSA) is 92.6 Å². The molecular weight excluding hydrogens is 274 g/mol. The minimum absolute atomic E-state index is 0.400. The van der Waals surface area contributed by atoms with Gasteiger partial charge in [-0.15, -0.1) is 0 Å². The zero-order valence-electron chi connectivity index (χ0n) is 12.5. The molecule has 0 radical (unpaired) electrons. The average Bonchev–Trinajstić information content (AvgIpc) is 3.01. The summed E-state index contributed by atoms with van der Waals surface area (Å²) < 4.78 is 21.0. The number of ether oxygens (including phenoxy) is 3. The molecule has 0 amide bonds. The Hall–Kier alpha value is -2.28. The molecule has 1 aromatic carbocycles. The van der Waals surface area contributed by atoms with Crippen LogP contribution in [0.4, 0.5) is 0 Å². The van der Waals surface area contributed by atoms with Crippen molar-refractivity contribution in [1.82, 2.24) is 10.1 Å². The second kappa shape index (κ2) is 6.45. The van der Waals surface area contributed by atoms with E-state index < -0.39 is 6.04 Å². The summed E-state index contributed by atoms with van der Waals surface area (Å²) in [7, 11) is 4.68. The molecule has 2 rings (SSSR count). The maximum absolute atomic E-state index is 6.21. The first-order valence-corrected chi connectivity index (χ1v) is 6.52. The maximum Gasteiger partial charge on any atom is 0.226 e. The van der Waals surface area contributed by atoms with E-state index in [1.165, 1.54) is 0 Å². The average molecular weight is 293 g/mol. The number of nitrogens with two attached hydrogens (primary N) is 1. The summed E-state index contributed by atoms with van der Waals surface area (Å²) in [5, 5.41) is 3.90. The lowest BCUT2D eigenvalue weighted by Gasteiger charge is -2.16. The van der Waals surface area contributed by atoms with Crippen molar-refractivity contribution in [3.63, 3.8) is 0 Å². The van der Waals surface area contributed by atoms with Gasteiger partial charge in [-0.3, -0.25) is 0 Å². The fourth-order valence-electron chi connectivity index (χ4n) is 1.97. The lowest BCUT2D eigenvalue weighted by atomic mass is 10.0. The van der Waals surface area contributed by atoms with Crippen molar-refractivity contribution in [2.24, 2.45) is 5.73 Å². The molecule has 0 aliphatic carbocycles. The van der Waals surface area contributed by atoms with Crippen molar-refractivity contribution in [2.45, 2.75) is 19.4 Å². The largest absolute Gasteiger partial charge is 0.496 e. The first-order chi connectivity index (χ1) is 10.1. The van der Waals surface area contributed by atoms with Crippen LogP contribution in [0.2, 0.25) is 0 Å². The summed E-state index contributed by atoms with van der Waals surface area (Å²) in [5.74, 6) is 2.64. The molecule has 1 atom stereocenters. The van der Waals surface area contributed by atoms with Crippen LogP contribution in [0.1, 0.15) is 30.2 Å². The van der Waals surface area contributed by atoms with Gasteiger partial charge < -0.3 is 24.5 Å². The number of aromatic nitrogens is 2. The standard InChI is InChI=1S/C14H19N3O4/c1-5-12-16-14(17-21-12)13(15)8-6-10(19-3)11(20-4)7-9(8)18-2/h6-7,13H,5,15H2,1-4H3. The molecule has 1 aromatic heterocycles. The Morgan fingerprint density at radius 2 is 1.71 bits per heavy atom. The number of rotatable bonds is 6. The smallest absolute Gasteiger partial charge is 0.226 e. The quantitative estimate of drug-likeness (QED) is 0.866. The first kappa shape index (κ1) is 15.1.